The van der Waals surface area contributed by atoms with Crippen LogP contribution in [0.1, 0.15) is 5.56 Å². The molecular formula is C24H17F2N3O. The van der Waals surface area contributed by atoms with E-state index in [9.17, 15) is 13.6 Å². The van der Waals surface area contributed by atoms with Crippen LogP contribution in [0.15, 0.2) is 91.1 Å². The molecule has 0 unspecified atom stereocenters. The molecule has 30 heavy (non-hydrogen) atoms. The quantitative estimate of drug-likeness (QED) is 0.451. The van der Waals surface area contributed by atoms with Gasteiger partial charge in [0.1, 0.15) is 11.6 Å². The minimum absolute atomic E-state index is 0.103. The Morgan fingerprint density at radius 1 is 0.900 bits per heavy atom. The Hall–Kier alpha value is -4.06. The van der Waals surface area contributed by atoms with Crippen molar-refractivity contribution in [1.29, 1.82) is 0 Å². The Morgan fingerprint density at radius 3 is 2.33 bits per heavy atom. The first-order valence-electron chi connectivity index (χ1n) is 9.25. The number of para-hydroxylation sites is 2. The number of benzene rings is 3. The van der Waals surface area contributed by atoms with E-state index in [-0.39, 0.29) is 11.5 Å². The normalized spacial score (nSPS) is 11.0. The highest BCUT2D eigenvalue weighted by atomic mass is 19.1. The molecule has 1 aromatic heterocycles. The number of hydrogen-bond acceptors (Lipinski definition) is 2. The Balaban J connectivity index is 1.66. The minimum atomic E-state index is -0.511. The molecule has 0 saturated heterocycles. The van der Waals surface area contributed by atoms with Gasteiger partial charge in [-0.1, -0.05) is 30.3 Å². The summed E-state index contributed by atoms with van der Waals surface area (Å²) < 4.78 is 28.8. The highest BCUT2D eigenvalue weighted by molar-refractivity contribution is 6.02. The number of rotatable bonds is 5. The van der Waals surface area contributed by atoms with Crippen molar-refractivity contribution >= 4 is 17.7 Å². The number of aromatic nitrogens is 2. The lowest BCUT2D eigenvalue weighted by Crippen LogP contribution is -2.09. The number of carbonyl (C=O) groups excluding carboxylic acids is 1. The van der Waals surface area contributed by atoms with Gasteiger partial charge in [0.25, 0.3) is 0 Å². The zero-order valence-electron chi connectivity index (χ0n) is 15.8. The zero-order chi connectivity index (χ0) is 20.9. The molecule has 0 aliphatic heterocycles. The van der Waals surface area contributed by atoms with Gasteiger partial charge in [-0.25, -0.2) is 13.5 Å². The van der Waals surface area contributed by atoms with Crippen molar-refractivity contribution in [3.05, 3.63) is 108 Å². The summed E-state index contributed by atoms with van der Waals surface area (Å²) in [5.74, 6) is -1.33. The van der Waals surface area contributed by atoms with Crippen LogP contribution in [0.25, 0.3) is 23.0 Å². The number of halogens is 2. The Labute approximate surface area is 172 Å². The number of carbonyl (C=O) groups is 1. The largest absolute Gasteiger partial charge is 0.320 e. The van der Waals surface area contributed by atoms with Crippen molar-refractivity contribution in [3.63, 3.8) is 0 Å². The van der Waals surface area contributed by atoms with E-state index in [1.54, 1.807) is 41.2 Å². The summed E-state index contributed by atoms with van der Waals surface area (Å²) in [5.41, 5.74) is 2.91. The Bertz CT molecular complexity index is 1200. The molecule has 6 heteroatoms. The van der Waals surface area contributed by atoms with Crippen molar-refractivity contribution < 1.29 is 13.6 Å². The van der Waals surface area contributed by atoms with Crippen molar-refractivity contribution in [2.24, 2.45) is 0 Å². The highest BCUT2D eigenvalue weighted by Gasteiger charge is 2.11. The molecule has 4 aromatic rings. The van der Waals surface area contributed by atoms with Crippen LogP contribution in [0.4, 0.5) is 14.5 Å². The number of anilines is 1. The smallest absolute Gasteiger partial charge is 0.248 e. The molecule has 0 saturated carbocycles. The molecule has 1 N–H and O–H groups in total. The van der Waals surface area contributed by atoms with Gasteiger partial charge in [0.05, 0.1) is 17.1 Å². The van der Waals surface area contributed by atoms with E-state index in [0.717, 1.165) is 5.69 Å². The van der Waals surface area contributed by atoms with E-state index in [0.29, 0.717) is 16.8 Å². The maximum Gasteiger partial charge on any atom is 0.248 e. The second-order valence-electron chi connectivity index (χ2n) is 6.52. The summed E-state index contributed by atoms with van der Waals surface area (Å²) in [4.78, 5) is 12.3. The van der Waals surface area contributed by atoms with Gasteiger partial charge < -0.3 is 5.32 Å². The molecule has 3 aromatic carbocycles. The third-order valence-electron chi connectivity index (χ3n) is 4.43. The molecule has 4 nitrogen and oxygen atoms in total. The second-order valence-corrected chi connectivity index (χ2v) is 6.52. The van der Waals surface area contributed by atoms with Gasteiger partial charge >= 0.3 is 0 Å². The van der Waals surface area contributed by atoms with Crippen LogP contribution in [0.5, 0.6) is 0 Å². The van der Waals surface area contributed by atoms with Crippen molar-refractivity contribution in [1.82, 2.24) is 9.78 Å². The first-order valence-corrected chi connectivity index (χ1v) is 9.25. The van der Waals surface area contributed by atoms with Crippen molar-refractivity contribution in [2.75, 3.05) is 5.32 Å². The van der Waals surface area contributed by atoms with Gasteiger partial charge in [-0.05, 0) is 54.6 Å². The Morgan fingerprint density at radius 2 is 1.60 bits per heavy atom. The standard InChI is InChI=1S/C24H17F2N3O/c25-19-13-10-17(11-14-19)24-18(16-29(28-24)20-6-2-1-3-7-20)12-15-23(30)27-22-9-5-4-8-21(22)26/h1-16H,(H,27,30)/b15-12+. The molecule has 1 heterocycles. The average Bonchev–Trinajstić information content (AvgIpc) is 3.19. The van der Waals surface area contributed by atoms with Crippen LogP contribution < -0.4 is 5.32 Å². The molecule has 0 aliphatic rings. The van der Waals surface area contributed by atoms with Crippen LogP contribution in [0.3, 0.4) is 0 Å². The fraction of sp³-hybridized carbons (Fsp3) is 0. The molecule has 0 bridgehead atoms. The molecule has 0 spiro atoms. The highest BCUT2D eigenvalue weighted by Crippen LogP contribution is 2.25. The lowest BCUT2D eigenvalue weighted by molar-refractivity contribution is -0.111. The monoisotopic (exact) mass is 401 g/mol. The summed E-state index contributed by atoms with van der Waals surface area (Å²) in [6.07, 6.45) is 4.69. The number of nitrogens with zero attached hydrogens (tertiary/aromatic N) is 2. The third kappa shape index (κ3) is 4.33. The van der Waals surface area contributed by atoms with Crippen molar-refractivity contribution in [3.8, 4) is 16.9 Å². The fourth-order valence-corrected chi connectivity index (χ4v) is 2.96. The molecule has 1 amide bonds. The van der Waals surface area contributed by atoms with E-state index in [4.69, 9.17) is 0 Å². The Kier molecular flexibility index (Phi) is 5.48. The van der Waals surface area contributed by atoms with E-state index in [2.05, 4.69) is 10.4 Å². The van der Waals surface area contributed by atoms with Gasteiger partial charge in [0, 0.05) is 23.4 Å². The molecule has 0 radical (unpaired) electrons. The van der Waals surface area contributed by atoms with Gasteiger partial charge in [-0.2, -0.15) is 5.10 Å². The summed E-state index contributed by atoms with van der Waals surface area (Å²) in [7, 11) is 0. The van der Waals surface area contributed by atoms with E-state index in [1.165, 1.54) is 30.3 Å². The fourth-order valence-electron chi connectivity index (χ4n) is 2.96. The minimum Gasteiger partial charge on any atom is -0.320 e. The molecule has 4 rings (SSSR count). The first-order chi connectivity index (χ1) is 14.6. The van der Waals surface area contributed by atoms with Gasteiger partial charge in [-0.15, -0.1) is 0 Å². The predicted molar refractivity (Wildman–Crippen MR) is 113 cm³/mol. The molecular weight excluding hydrogens is 384 g/mol. The first kappa shape index (κ1) is 19.3. The lowest BCUT2D eigenvalue weighted by atomic mass is 10.1. The number of hydrogen-bond donors (Lipinski definition) is 1. The van der Waals surface area contributed by atoms with E-state index < -0.39 is 11.7 Å². The number of amides is 1. The van der Waals surface area contributed by atoms with E-state index >= 15 is 0 Å². The van der Waals surface area contributed by atoms with Crippen LogP contribution >= 0.6 is 0 Å². The van der Waals surface area contributed by atoms with Crippen LogP contribution in [0.2, 0.25) is 0 Å². The van der Waals surface area contributed by atoms with Gasteiger partial charge in [-0.3, -0.25) is 4.79 Å². The predicted octanol–water partition coefficient (Wildman–Crippen LogP) is 5.47. The third-order valence-corrected chi connectivity index (χ3v) is 4.43. The summed E-state index contributed by atoms with van der Waals surface area (Å²) >= 11 is 0. The van der Waals surface area contributed by atoms with Crippen LogP contribution in [0, 0.1) is 11.6 Å². The van der Waals surface area contributed by atoms with Crippen LogP contribution in [-0.2, 0) is 4.79 Å². The zero-order valence-corrected chi connectivity index (χ0v) is 15.8. The van der Waals surface area contributed by atoms with Crippen molar-refractivity contribution in [2.45, 2.75) is 0 Å². The van der Waals surface area contributed by atoms with Gasteiger partial charge in [0.2, 0.25) is 5.91 Å². The maximum atomic E-state index is 13.7. The SMILES string of the molecule is O=C(/C=C/c1cn(-c2ccccc2)nc1-c1ccc(F)cc1)Nc1ccccc1F. The summed E-state index contributed by atoms with van der Waals surface area (Å²) in [5, 5.41) is 7.12. The van der Waals surface area contributed by atoms with Crippen LogP contribution in [-0.4, -0.2) is 15.7 Å². The van der Waals surface area contributed by atoms with E-state index in [1.807, 2.05) is 30.3 Å². The summed E-state index contributed by atoms with van der Waals surface area (Å²) in [6, 6.07) is 21.4. The topological polar surface area (TPSA) is 46.9 Å². The number of nitrogens with one attached hydrogen (secondary N) is 1. The molecule has 148 valence electrons. The lowest BCUT2D eigenvalue weighted by Gasteiger charge is -2.03. The second kappa shape index (κ2) is 8.53. The molecule has 0 aliphatic carbocycles. The molecule has 0 atom stereocenters. The molecule has 0 fully saturated rings. The average molecular weight is 401 g/mol. The van der Waals surface area contributed by atoms with Gasteiger partial charge in [0.15, 0.2) is 0 Å². The maximum absolute atomic E-state index is 13.7. The summed E-state index contributed by atoms with van der Waals surface area (Å²) in [6.45, 7) is 0.